The van der Waals surface area contributed by atoms with Gasteiger partial charge in [-0.25, -0.2) is 4.98 Å². The lowest BCUT2D eigenvalue weighted by molar-refractivity contribution is 0.694. The van der Waals surface area contributed by atoms with Gasteiger partial charge in [-0.2, -0.15) is 0 Å². The molecule has 47 heavy (non-hydrogen) atoms. The van der Waals surface area contributed by atoms with E-state index in [4.69, 9.17) is 4.98 Å². The summed E-state index contributed by atoms with van der Waals surface area (Å²) < 4.78 is 2.26. The van der Waals surface area contributed by atoms with E-state index in [9.17, 15) is 0 Å². The van der Waals surface area contributed by atoms with Gasteiger partial charge < -0.3 is 0 Å². The van der Waals surface area contributed by atoms with E-state index in [0.29, 0.717) is 0 Å². The minimum absolute atomic E-state index is 0.0780. The van der Waals surface area contributed by atoms with Crippen molar-refractivity contribution in [1.82, 2.24) is 9.55 Å². The van der Waals surface area contributed by atoms with E-state index in [-0.39, 0.29) is 10.8 Å². The van der Waals surface area contributed by atoms with Gasteiger partial charge in [-0.05, 0) is 92.1 Å². The fraction of sp³-hybridized carbons (Fsp3) is 0.133. The van der Waals surface area contributed by atoms with Gasteiger partial charge in [0.1, 0.15) is 5.82 Å². The van der Waals surface area contributed by atoms with Crippen LogP contribution in [0.15, 0.2) is 146 Å². The van der Waals surface area contributed by atoms with Gasteiger partial charge in [0.05, 0.1) is 11.0 Å². The molecule has 2 aliphatic carbocycles. The van der Waals surface area contributed by atoms with Crippen molar-refractivity contribution >= 4 is 22.2 Å². The summed E-state index contributed by atoms with van der Waals surface area (Å²) in [6, 6.07) is 52.8. The third-order valence-corrected chi connectivity index (χ3v) is 10.6. The molecule has 0 saturated heterocycles. The van der Waals surface area contributed by atoms with Gasteiger partial charge in [0, 0.05) is 22.1 Å². The fourth-order valence-electron chi connectivity index (χ4n) is 8.26. The van der Waals surface area contributed by atoms with E-state index in [0.717, 1.165) is 28.1 Å². The van der Waals surface area contributed by atoms with Crippen LogP contribution in [0.25, 0.3) is 61.5 Å². The summed E-state index contributed by atoms with van der Waals surface area (Å²) >= 11 is 0. The Morgan fingerprint density at radius 3 is 1.51 bits per heavy atom. The van der Waals surface area contributed by atoms with Gasteiger partial charge in [-0.15, -0.1) is 0 Å². The first-order valence-corrected chi connectivity index (χ1v) is 16.6. The van der Waals surface area contributed by atoms with E-state index in [1.165, 1.54) is 55.7 Å². The molecular weight excluding hydrogens is 569 g/mol. The van der Waals surface area contributed by atoms with E-state index in [1.807, 2.05) is 0 Å². The van der Waals surface area contributed by atoms with Crippen LogP contribution in [0.3, 0.4) is 0 Å². The minimum Gasteiger partial charge on any atom is -0.292 e. The predicted molar refractivity (Wildman–Crippen MR) is 197 cm³/mol. The standard InChI is InChI=1S/C45H36N2/c1-44(2)37-27-32(29-13-7-5-8-14-29)23-25-35(37)41-42(44)36-26-24-33(28-38(36)45(41,3)4)30-19-21-31(22-20-30)43-46-39-17-11-12-18-40(39)47(43)34-15-9-6-10-16-34/h5-28H,1-4H3. The Morgan fingerprint density at radius 1 is 0.447 bits per heavy atom. The molecule has 0 fully saturated rings. The summed E-state index contributed by atoms with van der Waals surface area (Å²) in [4.78, 5) is 5.07. The summed E-state index contributed by atoms with van der Waals surface area (Å²) in [6.07, 6.45) is 0. The molecule has 0 amide bonds. The molecule has 0 N–H and O–H groups in total. The Bertz CT molecular complexity index is 2370. The van der Waals surface area contributed by atoms with Crippen molar-refractivity contribution in [3.63, 3.8) is 0 Å². The lowest BCUT2D eigenvalue weighted by Gasteiger charge is -2.29. The Balaban J connectivity index is 1.09. The largest absolute Gasteiger partial charge is 0.292 e. The highest BCUT2D eigenvalue weighted by Gasteiger charge is 2.49. The van der Waals surface area contributed by atoms with Crippen molar-refractivity contribution in [3.8, 4) is 39.3 Å². The molecule has 1 aromatic heterocycles. The minimum atomic E-state index is -0.0993. The Labute approximate surface area is 276 Å². The highest BCUT2D eigenvalue weighted by molar-refractivity contribution is 6.10. The molecule has 0 atom stereocenters. The summed E-state index contributed by atoms with van der Waals surface area (Å²) in [5.74, 6) is 0.955. The van der Waals surface area contributed by atoms with Crippen LogP contribution >= 0.6 is 0 Å². The predicted octanol–water partition coefficient (Wildman–Crippen LogP) is 11.5. The molecule has 0 spiro atoms. The molecule has 6 aromatic carbocycles. The zero-order valence-corrected chi connectivity index (χ0v) is 27.3. The number of imidazole rings is 1. The molecule has 9 rings (SSSR count). The second kappa shape index (κ2) is 10.0. The molecule has 0 unspecified atom stereocenters. The van der Waals surface area contributed by atoms with E-state index >= 15 is 0 Å². The van der Waals surface area contributed by atoms with Crippen LogP contribution < -0.4 is 0 Å². The molecular formula is C45H36N2. The van der Waals surface area contributed by atoms with Crippen LogP contribution in [0.2, 0.25) is 0 Å². The quantitative estimate of drug-likeness (QED) is 0.195. The number of para-hydroxylation sites is 3. The van der Waals surface area contributed by atoms with Gasteiger partial charge in [-0.1, -0.05) is 137 Å². The lowest BCUT2D eigenvalue weighted by Crippen LogP contribution is -2.19. The van der Waals surface area contributed by atoms with E-state index in [2.05, 4.69) is 178 Å². The number of fused-ring (bicyclic) bond motifs is 5. The molecule has 1 heterocycles. The molecule has 0 radical (unpaired) electrons. The van der Waals surface area contributed by atoms with Crippen molar-refractivity contribution in [2.45, 2.75) is 38.5 Å². The normalized spacial score (nSPS) is 15.5. The highest BCUT2D eigenvalue weighted by Crippen LogP contribution is 2.63. The molecule has 226 valence electrons. The van der Waals surface area contributed by atoms with Crippen LogP contribution in [0.4, 0.5) is 0 Å². The summed E-state index contributed by atoms with van der Waals surface area (Å²) in [7, 11) is 0. The first kappa shape index (κ1) is 27.8. The topological polar surface area (TPSA) is 17.8 Å². The van der Waals surface area contributed by atoms with Crippen LogP contribution in [0.5, 0.6) is 0 Å². The third-order valence-electron chi connectivity index (χ3n) is 10.6. The molecule has 0 saturated carbocycles. The first-order chi connectivity index (χ1) is 22.8. The SMILES string of the molecule is CC1(C)C2=C(c3ccc(-c4ccccc4)cc31)C(C)(C)c1cc(-c3ccc(-c4nc5ccccc5n4-c4ccccc4)cc3)ccc12. The fourth-order valence-corrected chi connectivity index (χ4v) is 8.26. The zero-order chi connectivity index (χ0) is 31.9. The highest BCUT2D eigenvalue weighted by atomic mass is 15.1. The zero-order valence-electron chi connectivity index (χ0n) is 27.3. The molecule has 2 nitrogen and oxygen atoms in total. The number of rotatable bonds is 4. The van der Waals surface area contributed by atoms with Crippen molar-refractivity contribution in [3.05, 3.63) is 168 Å². The van der Waals surface area contributed by atoms with Crippen LogP contribution in [-0.2, 0) is 10.8 Å². The molecule has 7 aromatic rings. The Morgan fingerprint density at radius 2 is 0.915 bits per heavy atom. The maximum atomic E-state index is 5.07. The number of benzene rings is 6. The maximum absolute atomic E-state index is 5.07. The van der Waals surface area contributed by atoms with Crippen molar-refractivity contribution < 1.29 is 0 Å². The summed E-state index contributed by atoms with van der Waals surface area (Å²) in [6.45, 7) is 9.63. The Kier molecular flexibility index (Phi) is 5.92. The van der Waals surface area contributed by atoms with Gasteiger partial charge in [0.15, 0.2) is 0 Å². The number of nitrogens with zero attached hydrogens (tertiary/aromatic N) is 2. The van der Waals surface area contributed by atoms with Gasteiger partial charge >= 0.3 is 0 Å². The number of allylic oxidation sites excluding steroid dienone is 2. The van der Waals surface area contributed by atoms with Crippen LogP contribution in [0, 0.1) is 0 Å². The van der Waals surface area contributed by atoms with Gasteiger partial charge in [0.25, 0.3) is 0 Å². The van der Waals surface area contributed by atoms with E-state index in [1.54, 1.807) is 0 Å². The average molecular weight is 605 g/mol. The van der Waals surface area contributed by atoms with Crippen molar-refractivity contribution in [1.29, 1.82) is 0 Å². The van der Waals surface area contributed by atoms with Gasteiger partial charge in [0.2, 0.25) is 0 Å². The third kappa shape index (κ3) is 4.07. The average Bonchev–Trinajstić information content (AvgIpc) is 3.70. The molecule has 2 heteroatoms. The monoisotopic (exact) mass is 604 g/mol. The Hall–Kier alpha value is -5.47. The van der Waals surface area contributed by atoms with Crippen LogP contribution in [0.1, 0.15) is 49.9 Å². The van der Waals surface area contributed by atoms with Crippen LogP contribution in [-0.4, -0.2) is 9.55 Å². The smallest absolute Gasteiger partial charge is 0.145 e. The maximum Gasteiger partial charge on any atom is 0.145 e. The van der Waals surface area contributed by atoms with Crippen molar-refractivity contribution in [2.75, 3.05) is 0 Å². The van der Waals surface area contributed by atoms with Crippen molar-refractivity contribution in [2.24, 2.45) is 0 Å². The lowest BCUT2D eigenvalue weighted by atomic mass is 9.74. The summed E-state index contributed by atoms with van der Waals surface area (Å²) in [5, 5.41) is 0. The first-order valence-electron chi connectivity index (χ1n) is 16.6. The summed E-state index contributed by atoms with van der Waals surface area (Å²) in [5.41, 5.74) is 17.8. The van der Waals surface area contributed by atoms with Gasteiger partial charge in [-0.3, -0.25) is 4.57 Å². The molecule has 0 aliphatic heterocycles. The molecule has 2 aliphatic rings. The second-order valence-corrected chi connectivity index (χ2v) is 14.1. The number of hydrogen-bond acceptors (Lipinski definition) is 1. The number of hydrogen-bond donors (Lipinski definition) is 0. The second-order valence-electron chi connectivity index (χ2n) is 14.1. The number of aromatic nitrogens is 2. The molecule has 0 bridgehead atoms. The van der Waals surface area contributed by atoms with E-state index < -0.39 is 0 Å².